The molecule has 7 nitrogen and oxygen atoms in total. The van der Waals surface area contributed by atoms with E-state index in [4.69, 9.17) is 9.26 Å². The van der Waals surface area contributed by atoms with Gasteiger partial charge >= 0.3 is 0 Å². The van der Waals surface area contributed by atoms with Crippen LogP contribution in [0, 0.1) is 6.92 Å². The zero-order chi connectivity index (χ0) is 18.6. The first kappa shape index (κ1) is 17.2. The SMILES string of the molecule is Cc1nc(COc2ccc(C(=O)N3CCC[C@H]3c3ccncc3)cc2)no1. The van der Waals surface area contributed by atoms with Gasteiger partial charge in [-0.3, -0.25) is 9.78 Å². The second-order valence-corrected chi connectivity index (χ2v) is 6.48. The second kappa shape index (κ2) is 7.57. The van der Waals surface area contributed by atoms with Crippen molar-refractivity contribution in [3.63, 3.8) is 0 Å². The molecule has 1 aromatic carbocycles. The van der Waals surface area contributed by atoms with E-state index in [2.05, 4.69) is 15.1 Å². The topological polar surface area (TPSA) is 81.4 Å². The lowest BCUT2D eigenvalue weighted by Crippen LogP contribution is -2.30. The highest BCUT2D eigenvalue weighted by Crippen LogP contribution is 2.33. The molecule has 27 heavy (non-hydrogen) atoms. The summed E-state index contributed by atoms with van der Waals surface area (Å²) in [6.07, 6.45) is 5.52. The van der Waals surface area contributed by atoms with Crippen molar-refractivity contribution in [1.82, 2.24) is 20.0 Å². The van der Waals surface area contributed by atoms with Crippen LogP contribution in [0.1, 0.15) is 46.5 Å². The van der Waals surface area contributed by atoms with Crippen molar-refractivity contribution in [2.45, 2.75) is 32.4 Å². The molecule has 3 aromatic rings. The molecular weight excluding hydrogens is 344 g/mol. The molecule has 1 amide bonds. The third-order valence-electron chi connectivity index (χ3n) is 4.64. The maximum atomic E-state index is 13.0. The molecule has 0 bridgehead atoms. The molecular formula is C20H20N4O3. The van der Waals surface area contributed by atoms with E-state index in [0.29, 0.717) is 23.0 Å². The van der Waals surface area contributed by atoms with E-state index in [0.717, 1.165) is 24.9 Å². The summed E-state index contributed by atoms with van der Waals surface area (Å²) in [5, 5.41) is 3.79. The summed E-state index contributed by atoms with van der Waals surface area (Å²) in [4.78, 5) is 23.1. The first-order chi connectivity index (χ1) is 13.2. The number of nitrogens with zero attached hydrogens (tertiary/aromatic N) is 4. The van der Waals surface area contributed by atoms with Crippen molar-refractivity contribution in [1.29, 1.82) is 0 Å². The van der Waals surface area contributed by atoms with Crippen molar-refractivity contribution in [3.8, 4) is 5.75 Å². The molecule has 0 radical (unpaired) electrons. The van der Waals surface area contributed by atoms with Crippen molar-refractivity contribution in [2.75, 3.05) is 6.54 Å². The fourth-order valence-corrected chi connectivity index (χ4v) is 3.35. The van der Waals surface area contributed by atoms with Gasteiger partial charge in [0.05, 0.1) is 6.04 Å². The van der Waals surface area contributed by atoms with Gasteiger partial charge in [-0.2, -0.15) is 4.98 Å². The summed E-state index contributed by atoms with van der Waals surface area (Å²) in [7, 11) is 0. The largest absolute Gasteiger partial charge is 0.485 e. The number of pyridine rings is 1. The third-order valence-corrected chi connectivity index (χ3v) is 4.64. The number of amides is 1. The Labute approximate surface area is 157 Å². The Morgan fingerprint density at radius 3 is 2.70 bits per heavy atom. The van der Waals surface area contributed by atoms with Crippen LogP contribution in [0.2, 0.25) is 0 Å². The first-order valence-corrected chi connectivity index (χ1v) is 8.93. The molecule has 0 saturated carbocycles. The molecule has 138 valence electrons. The number of carbonyl (C=O) groups excluding carboxylic acids is 1. The molecule has 1 aliphatic rings. The number of rotatable bonds is 5. The van der Waals surface area contributed by atoms with Gasteiger partial charge in [0.1, 0.15) is 5.75 Å². The average Bonchev–Trinajstić information content (AvgIpc) is 3.36. The first-order valence-electron chi connectivity index (χ1n) is 8.93. The Morgan fingerprint density at radius 2 is 2.00 bits per heavy atom. The highest BCUT2D eigenvalue weighted by Gasteiger charge is 2.30. The van der Waals surface area contributed by atoms with Crippen LogP contribution < -0.4 is 4.74 Å². The van der Waals surface area contributed by atoms with E-state index >= 15 is 0 Å². The van der Waals surface area contributed by atoms with Crippen molar-refractivity contribution >= 4 is 5.91 Å². The van der Waals surface area contributed by atoms with Gasteiger partial charge in [0.15, 0.2) is 6.61 Å². The van der Waals surface area contributed by atoms with Crippen LogP contribution in [0.4, 0.5) is 0 Å². The molecule has 3 heterocycles. The van der Waals surface area contributed by atoms with Gasteiger partial charge in [-0.25, -0.2) is 0 Å². The predicted molar refractivity (Wildman–Crippen MR) is 97.1 cm³/mol. The van der Waals surface area contributed by atoms with Gasteiger partial charge in [0.25, 0.3) is 5.91 Å². The van der Waals surface area contributed by atoms with Gasteiger partial charge < -0.3 is 14.2 Å². The number of aromatic nitrogens is 3. The van der Waals surface area contributed by atoms with Crippen LogP contribution in [-0.4, -0.2) is 32.5 Å². The van der Waals surface area contributed by atoms with Gasteiger partial charge in [-0.1, -0.05) is 5.16 Å². The normalized spacial score (nSPS) is 16.5. The minimum absolute atomic E-state index is 0.0367. The third kappa shape index (κ3) is 3.81. The Hall–Kier alpha value is -3.22. The number of likely N-dealkylation sites (tertiary alicyclic amines) is 1. The Bertz CT molecular complexity index is 908. The highest BCUT2D eigenvalue weighted by molar-refractivity contribution is 5.94. The summed E-state index contributed by atoms with van der Waals surface area (Å²) in [6.45, 7) is 2.72. The molecule has 0 N–H and O–H groups in total. The van der Waals surface area contributed by atoms with Crippen molar-refractivity contribution < 1.29 is 14.1 Å². The summed E-state index contributed by atoms with van der Waals surface area (Å²) in [5.74, 6) is 1.68. The van der Waals surface area contributed by atoms with Gasteiger partial charge in [0, 0.05) is 31.4 Å². The van der Waals surface area contributed by atoms with Gasteiger partial charge in [-0.05, 0) is 54.8 Å². The summed E-state index contributed by atoms with van der Waals surface area (Å²) >= 11 is 0. The number of hydrogen-bond donors (Lipinski definition) is 0. The van der Waals surface area contributed by atoms with Crippen LogP contribution in [0.3, 0.4) is 0 Å². The Balaban J connectivity index is 1.42. The van der Waals surface area contributed by atoms with E-state index in [1.165, 1.54) is 0 Å². The number of ether oxygens (including phenoxy) is 1. The maximum absolute atomic E-state index is 13.0. The average molecular weight is 364 g/mol. The highest BCUT2D eigenvalue weighted by atomic mass is 16.5. The second-order valence-electron chi connectivity index (χ2n) is 6.48. The van der Waals surface area contributed by atoms with E-state index in [1.807, 2.05) is 17.0 Å². The fraction of sp³-hybridized carbons (Fsp3) is 0.300. The zero-order valence-electron chi connectivity index (χ0n) is 15.0. The molecule has 4 rings (SSSR count). The summed E-state index contributed by atoms with van der Waals surface area (Å²) in [6, 6.07) is 11.2. The standard InChI is InChI=1S/C20H20N4O3/c1-14-22-19(23-27-14)13-26-17-6-4-16(5-7-17)20(25)24-12-2-3-18(24)15-8-10-21-11-9-15/h4-11,18H,2-3,12-13H2,1H3/t18-/m0/s1. The fourth-order valence-electron chi connectivity index (χ4n) is 3.35. The Morgan fingerprint density at radius 1 is 1.22 bits per heavy atom. The van der Waals surface area contributed by atoms with Crippen LogP contribution in [0.15, 0.2) is 53.3 Å². The predicted octanol–water partition coefficient (Wildman–Crippen LogP) is 3.33. The van der Waals surface area contributed by atoms with Gasteiger partial charge in [0.2, 0.25) is 11.7 Å². The number of aryl methyl sites for hydroxylation is 1. The lowest BCUT2D eigenvalue weighted by molar-refractivity contribution is 0.0735. The number of carbonyl (C=O) groups is 1. The van der Waals surface area contributed by atoms with E-state index < -0.39 is 0 Å². The zero-order valence-corrected chi connectivity index (χ0v) is 15.0. The molecule has 2 aromatic heterocycles. The quantitative estimate of drug-likeness (QED) is 0.691. The molecule has 0 unspecified atom stereocenters. The van der Waals surface area contributed by atoms with Crippen LogP contribution >= 0.6 is 0 Å². The minimum atomic E-state index is 0.0367. The van der Waals surface area contributed by atoms with E-state index in [1.54, 1.807) is 43.6 Å². The molecule has 1 fully saturated rings. The summed E-state index contributed by atoms with van der Waals surface area (Å²) in [5.41, 5.74) is 1.78. The lowest BCUT2D eigenvalue weighted by atomic mass is 10.1. The monoisotopic (exact) mass is 364 g/mol. The van der Waals surface area contributed by atoms with Crippen molar-refractivity contribution in [3.05, 3.63) is 71.6 Å². The van der Waals surface area contributed by atoms with Gasteiger partial charge in [-0.15, -0.1) is 0 Å². The van der Waals surface area contributed by atoms with E-state index in [9.17, 15) is 4.79 Å². The molecule has 7 heteroatoms. The van der Waals surface area contributed by atoms with E-state index in [-0.39, 0.29) is 18.6 Å². The smallest absolute Gasteiger partial charge is 0.254 e. The maximum Gasteiger partial charge on any atom is 0.254 e. The molecule has 0 spiro atoms. The molecule has 0 aliphatic carbocycles. The summed E-state index contributed by atoms with van der Waals surface area (Å²) < 4.78 is 10.6. The Kier molecular flexibility index (Phi) is 4.82. The number of benzene rings is 1. The molecule has 1 atom stereocenters. The minimum Gasteiger partial charge on any atom is -0.485 e. The van der Waals surface area contributed by atoms with Crippen LogP contribution in [-0.2, 0) is 6.61 Å². The van der Waals surface area contributed by atoms with Crippen molar-refractivity contribution in [2.24, 2.45) is 0 Å². The number of hydrogen-bond acceptors (Lipinski definition) is 6. The van der Waals surface area contributed by atoms with Crippen LogP contribution in [0.25, 0.3) is 0 Å². The molecule has 1 aliphatic heterocycles. The molecule has 1 saturated heterocycles. The van der Waals surface area contributed by atoms with Crippen LogP contribution in [0.5, 0.6) is 5.75 Å². The lowest BCUT2D eigenvalue weighted by Gasteiger charge is -2.25.